The van der Waals surface area contributed by atoms with Crippen LogP contribution in [0, 0.1) is 0 Å². The summed E-state index contributed by atoms with van der Waals surface area (Å²) in [5.74, 6) is 0.891. The minimum Gasteiger partial charge on any atom is -0.491 e. The van der Waals surface area contributed by atoms with E-state index in [0.717, 1.165) is 45.1 Å². The lowest BCUT2D eigenvalue weighted by Crippen LogP contribution is -2.45. The Hall–Kier alpha value is -1.88. The SMILES string of the molecule is CN1CCN(CCOCCOc2ccc(-c3ccccc3)cc2)CC1. The zero-order valence-corrected chi connectivity index (χ0v) is 15.1. The third kappa shape index (κ3) is 5.85. The molecule has 0 saturated carbocycles. The fourth-order valence-electron chi connectivity index (χ4n) is 2.96. The Labute approximate surface area is 151 Å². The maximum absolute atomic E-state index is 5.76. The molecule has 3 rings (SSSR count). The molecule has 1 fully saturated rings. The zero-order valence-electron chi connectivity index (χ0n) is 15.1. The summed E-state index contributed by atoms with van der Waals surface area (Å²) in [7, 11) is 2.18. The first-order valence-corrected chi connectivity index (χ1v) is 9.08. The van der Waals surface area contributed by atoms with Crippen molar-refractivity contribution < 1.29 is 9.47 Å². The standard InChI is InChI=1S/C21H28N2O2/c1-22-11-13-23(14-12-22)15-16-24-17-18-25-21-9-7-20(8-10-21)19-5-3-2-4-6-19/h2-10H,11-18H2,1H3. The monoisotopic (exact) mass is 340 g/mol. The van der Waals surface area contributed by atoms with Crippen molar-refractivity contribution in [3.8, 4) is 16.9 Å². The van der Waals surface area contributed by atoms with E-state index in [1.807, 2.05) is 18.2 Å². The smallest absolute Gasteiger partial charge is 0.119 e. The van der Waals surface area contributed by atoms with Crippen LogP contribution in [0.5, 0.6) is 5.75 Å². The average molecular weight is 340 g/mol. The van der Waals surface area contributed by atoms with Crippen molar-refractivity contribution in [3.63, 3.8) is 0 Å². The fourth-order valence-corrected chi connectivity index (χ4v) is 2.96. The second kappa shape index (κ2) is 9.56. The van der Waals surface area contributed by atoms with Crippen LogP contribution in [0.2, 0.25) is 0 Å². The maximum Gasteiger partial charge on any atom is 0.119 e. The van der Waals surface area contributed by atoms with Crippen molar-refractivity contribution in [2.75, 3.05) is 59.6 Å². The molecule has 25 heavy (non-hydrogen) atoms. The topological polar surface area (TPSA) is 24.9 Å². The summed E-state index contributed by atoms with van der Waals surface area (Å²) >= 11 is 0. The minimum atomic E-state index is 0.591. The summed E-state index contributed by atoms with van der Waals surface area (Å²) in [6.45, 7) is 7.61. The zero-order chi connectivity index (χ0) is 17.3. The van der Waals surface area contributed by atoms with Crippen LogP contribution in [0.4, 0.5) is 0 Å². The number of benzene rings is 2. The summed E-state index contributed by atoms with van der Waals surface area (Å²) in [5, 5.41) is 0. The molecule has 0 aromatic heterocycles. The number of ether oxygens (including phenoxy) is 2. The van der Waals surface area contributed by atoms with Gasteiger partial charge in [-0.15, -0.1) is 0 Å². The Bertz CT molecular complexity index is 608. The molecular formula is C21H28N2O2. The summed E-state index contributed by atoms with van der Waals surface area (Å²) in [6.07, 6.45) is 0. The molecule has 0 bridgehead atoms. The van der Waals surface area contributed by atoms with Crippen molar-refractivity contribution in [1.82, 2.24) is 9.80 Å². The molecule has 1 aliphatic heterocycles. The van der Waals surface area contributed by atoms with Crippen LogP contribution < -0.4 is 4.74 Å². The van der Waals surface area contributed by atoms with Gasteiger partial charge in [0.2, 0.25) is 0 Å². The van der Waals surface area contributed by atoms with Crippen LogP contribution in [0.15, 0.2) is 54.6 Å². The fraction of sp³-hybridized carbons (Fsp3) is 0.429. The molecule has 4 heteroatoms. The Morgan fingerprint density at radius 1 is 0.760 bits per heavy atom. The maximum atomic E-state index is 5.76. The lowest BCUT2D eigenvalue weighted by Gasteiger charge is -2.32. The largest absolute Gasteiger partial charge is 0.491 e. The Morgan fingerprint density at radius 3 is 2.16 bits per heavy atom. The van der Waals surface area contributed by atoms with Crippen molar-refractivity contribution in [1.29, 1.82) is 0 Å². The van der Waals surface area contributed by atoms with E-state index in [0.29, 0.717) is 13.2 Å². The van der Waals surface area contributed by atoms with Gasteiger partial charge in [-0.25, -0.2) is 0 Å². The van der Waals surface area contributed by atoms with Gasteiger partial charge in [-0.3, -0.25) is 4.90 Å². The molecule has 134 valence electrons. The van der Waals surface area contributed by atoms with Crippen molar-refractivity contribution in [3.05, 3.63) is 54.6 Å². The highest BCUT2D eigenvalue weighted by Crippen LogP contribution is 2.21. The molecular weight excluding hydrogens is 312 g/mol. The number of nitrogens with zero attached hydrogens (tertiary/aromatic N) is 2. The summed E-state index contributed by atoms with van der Waals surface area (Å²) in [5.41, 5.74) is 2.43. The Kier molecular flexibility index (Phi) is 6.86. The highest BCUT2D eigenvalue weighted by molar-refractivity contribution is 5.63. The molecule has 0 unspecified atom stereocenters. The van der Waals surface area contributed by atoms with Gasteiger partial charge in [-0.2, -0.15) is 0 Å². The number of rotatable bonds is 8. The van der Waals surface area contributed by atoms with E-state index in [-0.39, 0.29) is 0 Å². The van der Waals surface area contributed by atoms with Gasteiger partial charge in [-0.1, -0.05) is 42.5 Å². The second-order valence-electron chi connectivity index (χ2n) is 6.50. The first-order chi connectivity index (χ1) is 12.3. The highest BCUT2D eigenvalue weighted by Gasteiger charge is 2.12. The van der Waals surface area contributed by atoms with E-state index < -0.39 is 0 Å². The molecule has 0 amide bonds. The minimum absolute atomic E-state index is 0.591. The number of likely N-dealkylation sites (N-methyl/N-ethyl adjacent to an activating group) is 1. The van der Waals surface area contributed by atoms with Crippen LogP contribution in [-0.4, -0.2) is 69.4 Å². The molecule has 2 aromatic rings. The Morgan fingerprint density at radius 2 is 1.44 bits per heavy atom. The molecule has 1 aliphatic rings. The first kappa shape index (κ1) is 17.9. The number of piperazine rings is 1. The predicted octanol–water partition coefficient (Wildman–Crippen LogP) is 3.00. The van der Waals surface area contributed by atoms with E-state index in [4.69, 9.17) is 9.47 Å². The summed E-state index contributed by atoms with van der Waals surface area (Å²) in [6, 6.07) is 18.6. The molecule has 0 aliphatic carbocycles. The van der Waals surface area contributed by atoms with Gasteiger partial charge in [-0.05, 0) is 30.3 Å². The molecule has 0 N–H and O–H groups in total. The lowest BCUT2D eigenvalue weighted by molar-refractivity contribution is 0.0658. The van der Waals surface area contributed by atoms with Gasteiger partial charge in [0.25, 0.3) is 0 Å². The number of hydrogen-bond donors (Lipinski definition) is 0. The highest BCUT2D eigenvalue weighted by atomic mass is 16.5. The number of hydrogen-bond acceptors (Lipinski definition) is 4. The molecule has 4 nitrogen and oxygen atoms in total. The third-order valence-corrected chi connectivity index (χ3v) is 4.61. The molecule has 0 radical (unpaired) electrons. The third-order valence-electron chi connectivity index (χ3n) is 4.61. The molecule has 1 saturated heterocycles. The van der Waals surface area contributed by atoms with E-state index in [1.54, 1.807) is 0 Å². The first-order valence-electron chi connectivity index (χ1n) is 9.08. The van der Waals surface area contributed by atoms with Crippen LogP contribution in [-0.2, 0) is 4.74 Å². The van der Waals surface area contributed by atoms with E-state index in [9.17, 15) is 0 Å². The van der Waals surface area contributed by atoms with E-state index in [2.05, 4.69) is 53.2 Å². The average Bonchev–Trinajstić information content (AvgIpc) is 2.67. The van der Waals surface area contributed by atoms with Gasteiger partial charge in [0, 0.05) is 32.7 Å². The van der Waals surface area contributed by atoms with Gasteiger partial charge in [0.05, 0.1) is 13.2 Å². The van der Waals surface area contributed by atoms with Gasteiger partial charge in [0.15, 0.2) is 0 Å². The van der Waals surface area contributed by atoms with Crippen LogP contribution in [0.3, 0.4) is 0 Å². The van der Waals surface area contributed by atoms with Crippen molar-refractivity contribution >= 4 is 0 Å². The molecule has 2 aromatic carbocycles. The van der Waals surface area contributed by atoms with E-state index >= 15 is 0 Å². The molecule has 1 heterocycles. The lowest BCUT2D eigenvalue weighted by atomic mass is 10.1. The van der Waals surface area contributed by atoms with Gasteiger partial charge in [0.1, 0.15) is 12.4 Å². The van der Waals surface area contributed by atoms with E-state index in [1.165, 1.54) is 11.1 Å². The second-order valence-corrected chi connectivity index (χ2v) is 6.50. The quantitative estimate of drug-likeness (QED) is 0.690. The normalized spacial score (nSPS) is 16.0. The molecule has 0 atom stereocenters. The summed E-state index contributed by atoms with van der Waals surface area (Å²) in [4.78, 5) is 4.83. The van der Waals surface area contributed by atoms with Crippen LogP contribution in [0.1, 0.15) is 0 Å². The van der Waals surface area contributed by atoms with Crippen LogP contribution in [0.25, 0.3) is 11.1 Å². The van der Waals surface area contributed by atoms with Gasteiger partial charge >= 0.3 is 0 Å². The van der Waals surface area contributed by atoms with Gasteiger partial charge < -0.3 is 14.4 Å². The summed E-state index contributed by atoms with van der Waals surface area (Å²) < 4.78 is 11.5. The molecule has 0 spiro atoms. The van der Waals surface area contributed by atoms with Crippen molar-refractivity contribution in [2.24, 2.45) is 0 Å². The Balaban J connectivity index is 1.30. The van der Waals surface area contributed by atoms with Crippen molar-refractivity contribution in [2.45, 2.75) is 0 Å². The van der Waals surface area contributed by atoms with Crippen LogP contribution >= 0.6 is 0 Å². The predicted molar refractivity (Wildman–Crippen MR) is 102 cm³/mol.